The first-order valence-electron chi connectivity index (χ1n) is 9.60. The molecule has 2 aromatic carbocycles. The van der Waals surface area contributed by atoms with Gasteiger partial charge in [-0.1, -0.05) is 60.7 Å². The summed E-state index contributed by atoms with van der Waals surface area (Å²) in [5.74, 6) is -0.350. The maximum atomic E-state index is 11.6. The van der Waals surface area contributed by atoms with Crippen molar-refractivity contribution >= 4 is 5.91 Å². The largest absolute Gasteiger partial charge is 0.388 e. The fraction of sp³-hybridized carbons (Fsp3) is 0.409. The van der Waals surface area contributed by atoms with Crippen molar-refractivity contribution in [2.24, 2.45) is 0 Å². The van der Waals surface area contributed by atoms with E-state index in [1.54, 1.807) is 0 Å². The molecule has 29 heavy (non-hydrogen) atoms. The lowest BCUT2D eigenvalue weighted by Gasteiger charge is -2.42. The van der Waals surface area contributed by atoms with Gasteiger partial charge < -0.3 is 29.7 Å². The number of amides is 1. The molecule has 0 spiro atoms. The summed E-state index contributed by atoms with van der Waals surface area (Å²) in [7, 11) is 0. The predicted octanol–water partition coefficient (Wildman–Crippen LogP) is 1.37. The molecule has 0 aliphatic carbocycles. The van der Waals surface area contributed by atoms with E-state index in [1.807, 2.05) is 60.7 Å². The minimum absolute atomic E-state index is 0.0745. The molecule has 0 aromatic heterocycles. The summed E-state index contributed by atoms with van der Waals surface area (Å²) in [6.45, 7) is 1.99. The molecule has 0 saturated carbocycles. The molecule has 1 unspecified atom stereocenters. The van der Waals surface area contributed by atoms with Gasteiger partial charge in [-0.3, -0.25) is 4.79 Å². The topological polar surface area (TPSA) is 97.3 Å². The molecule has 5 atom stereocenters. The number of aliphatic hydroxyl groups is 2. The minimum Gasteiger partial charge on any atom is -0.388 e. The van der Waals surface area contributed by atoms with Crippen molar-refractivity contribution in [2.75, 3.05) is 6.61 Å². The van der Waals surface area contributed by atoms with Crippen molar-refractivity contribution in [3.05, 3.63) is 71.8 Å². The lowest BCUT2D eigenvalue weighted by Crippen LogP contribution is -2.64. The monoisotopic (exact) mass is 401 g/mol. The lowest BCUT2D eigenvalue weighted by atomic mass is 9.96. The summed E-state index contributed by atoms with van der Waals surface area (Å²) in [5, 5.41) is 23.8. The Hall–Kier alpha value is -2.29. The molecule has 3 rings (SSSR count). The van der Waals surface area contributed by atoms with E-state index in [2.05, 4.69) is 5.32 Å². The second-order valence-corrected chi connectivity index (χ2v) is 7.04. The van der Waals surface area contributed by atoms with Gasteiger partial charge in [0.25, 0.3) is 0 Å². The van der Waals surface area contributed by atoms with Crippen molar-refractivity contribution in [3.8, 4) is 0 Å². The minimum atomic E-state index is -1.33. The Morgan fingerprint density at radius 2 is 1.59 bits per heavy atom. The third-order valence-electron chi connectivity index (χ3n) is 4.74. The van der Waals surface area contributed by atoms with Crippen LogP contribution >= 0.6 is 0 Å². The highest BCUT2D eigenvalue weighted by Gasteiger charge is 2.46. The maximum Gasteiger partial charge on any atom is 0.217 e. The third-order valence-corrected chi connectivity index (χ3v) is 4.74. The van der Waals surface area contributed by atoms with Gasteiger partial charge in [0.2, 0.25) is 5.91 Å². The number of aliphatic hydroxyl groups excluding tert-OH is 2. The number of nitrogens with one attached hydrogen (secondary N) is 1. The SMILES string of the molecule is CC(=O)N[C@H]1[C@@H](OCc2ccccc2)[C@H](O)C(COCc2ccccc2)O[C@@H]1O. The van der Waals surface area contributed by atoms with Crippen LogP contribution in [0.2, 0.25) is 0 Å². The Bertz CT molecular complexity index is 756. The lowest BCUT2D eigenvalue weighted by molar-refractivity contribution is -0.266. The van der Waals surface area contributed by atoms with E-state index in [1.165, 1.54) is 6.92 Å². The van der Waals surface area contributed by atoms with Crippen LogP contribution in [-0.4, -0.2) is 53.4 Å². The molecule has 156 valence electrons. The number of hydrogen-bond donors (Lipinski definition) is 3. The third kappa shape index (κ3) is 6.09. The first-order valence-corrected chi connectivity index (χ1v) is 9.60. The Kier molecular flexibility index (Phi) is 7.74. The van der Waals surface area contributed by atoms with Crippen LogP contribution < -0.4 is 5.32 Å². The van der Waals surface area contributed by atoms with Gasteiger partial charge in [-0.2, -0.15) is 0 Å². The van der Waals surface area contributed by atoms with E-state index in [0.717, 1.165) is 11.1 Å². The van der Waals surface area contributed by atoms with E-state index in [0.29, 0.717) is 6.61 Å². The van der Waals surface area contributed by atoms with Gasteiger partial charge in [-0.15, -0.1) is 0 Å². The zero-order valence-corrected chi connectivity index (χ0v) is 16.3. The van der Waals surface area contributed by atoms with E-state index in [-0.39, 0.29) is 19.1 Å². The normalized spacial score (nSPS) is 26.8. The number of benzene rings is 2. The highest BCUT2D eigenvalue weighted by atomic mass is 16.6. The van der Waals surface area contributed by atoms with Crippen molar-refractivity contribution in [3.63, 3.8) is 0 Å². The average molecular weight is 401 g/mol. The standard InChI is InChI=1S/C22H27NO6/c1-15(24)23-19-21(28-13-17-10-6-3-7-11-17)20(25)18(29-22(19)26)14-27-12-16-8-4-2-5-9-16/h2-11,18-22,25-26H,12-14H2,1H3,(H,23,24)/t18?,19-,20+,21+,22-/m0/s1. The molecule has 1 amide bonds. The van der Waals surface area contributed by atoms with Crippen LogP contribution in [0.5, 0.6) is 0 Å². The summed E-state index contributed by atoms with van der Waals surface area (Å²) in [6.07, 6.45) is -4.06. The smallest absolute Gasteiger partial charge is 0.217 e. The van der Waals surface area contributed by atoms with Gasteiger partial charge in [-0.05, 0) is 11.1 Å². The Morgan fingerprint density at radius 1 is 1.00 bits per heavy atom. The van der Waals surface area contributed by atoms with Crippen LogP contribution in [0.15, 0.2) is 60.7 Å². The molecule has 1 aliphatic heterocycles. The number of rotatable bonds is 8. The van der Waals surface area contributed by atoms with E-state index in [9.17, 15) is 15.0 Å². The summed E-state index contributed by atoms with van der Waals surface area (Å²) in [6, 6.07) is 18.2. The zero-order valence-electron chi connectivity index (χ0n) is 16.3. The van der Waals surface area contributed by atoms with Crippen LogP contribution in [0, 0.1) is 0 Å². The molecule has 1 fully saturated rings. The first kappa shape index (κ1) is 21.4. The molecular formula is C22H27NO6. The summed E-state index contributed by atoms with van der Waals surface area (Å²) < 4.78 is 17.1. The van der Waals surface area contributed by atoms with Crippen molar-refractivity contribution in [2.45, 2.75) is 50.8 Å². The van der Waals surface area contributed by atoms with Crippen molar-refractivity contribution in [1.29, 1.82) is 0 Å². The molecular weight excluding hydrogens is 374 g/mol. The predicted molar refractivity (Wildman–Crippen MR) is 106 cm³/mol. The van der Waals surface area contributed by atoms with Crippen LogP contribution in [-0.2, 0) is 32.2 Å². The Labute approximate surface area is 170 Å². The molecule has 7 nitrogen and oxygen atoms in total. The van der Waals surface area contributed by atoms with Crippen molar-refractivity contribution in [1.82, 2.24) is 5.32 Å². The van der Waals surface area contributed by atoms with Gasteiger partial charge in [-0.25, -0.2) is 0 Å². The van der Waals surface area contributed by atoms with Gasteiger partial charge in [0.1, 0.15) is 24.4 Å². The zero-order chi connectivity index (χ0) is 20.6. The number of carbonyl (C=O) groups excluding carboxylic acids is 1. The molecule has 0 bridgehead atoms. The molecule has 1 heterocycles. The highest BCUT2D eigenvalue weighted by Crippen LogP contribution is 2.24. The molecule has 7 heteroatoms. The van der Waals surface area contributed by atoms with Gasteiger partial charge >= 0.3 is 0 Å². The fourth-order valence-electron chi connectivity index (χ4n) is 3.29. The average Bonchev–Trinajstić information content (AvgIpc) is 2.72. The van der Waals surface area contributed by atoms with Crippen molar-refractivity contribution < 1.29 is 29.2 Å². The number of hydrogen-bond acceptors (Lipinski definition) is 6. The summed E-state index contributed by atoms with van der Waals surface area (Å²) in [5.41, 5.74) is 1.91. The van der Waals surface area contributed by atoms with Crippen LogP contribution in [0.4, 0.5) is 0 Å². The van der Waals surface area contributed by atoms with Crippen LogP contribution in [0.3, 0.4) is 0 Å². The maximum absolute atomic E-state index is 11.6. The fourth-order valence-corrected chi connectivity index (χ4v) is 3.29. The molecule has 1 aliphatic rings. The van der Waals surface area contributed by atoms with E-state index >= 15 is 0 Å². The summed E-state index contributed by atoms with van der Waals surface area (Å²) in [4.78, 5) is 11.6. The quantitative estimate of drug-likeness (QED) is 0.618. The van der Waals surface area contributed by atoms with E-state index < -0.39 is 30.6 Å². The van der Waals surface area contributed by atoms with Gasteiger partial charge in [0.15, 0.2) is 6.29 Å². The molecule has 0 radical (unpaired) electrons. The molecule has 2 aromatic rings. The molecule has 3 N–H and O–H groups in total. The molecule has 1 saturated heterocycles. The van der Waals surface area contributed by atoms with Crippen LogP contribution in [0.25, 0.3) is 0 Å². The first-order chi connectivity index (χ1) is 14.0. The number of ether oxygens (including phenoxy) is 3. The Balaban J connectivity index is 1.64. The van der Waals surface area contributed by atoms with E-state index in [4.69, 9.17) is 14.2 Å². The number of carbonyl (C=O) groups is 1. The highest BCUT2D eigenvalue weighted by molar-refractivity contribution is 5.73. The van der Waals surface area contributed by atoms with Crippen LogP contribution in [0.1, 0.15) is 18.1 Å². The van der Waals surface area contributed by atoms with Gasteiger partial charge in [0, 0.05) is 6.92 Å². The second-order valence-electron chi connectivity index (χ2n) is 7.04. The van der Waals surface area contributed by atoms with Gasteiger partial charge in [0.05, 0.1) is 19.8 Å². The second kappa shape index (κ2) is 10.5. The Morgan fingerprint density at radius 3 is 2.17 bits per heavy atom. The summed E-state index contributed by atoms with van der Waals surface area (Å²) >= 11 is 0.